The number of benzene rings is 1. The lowest BCUT2D eigenvalue weighted by molar-refractivity contribution is 0.0956. The maximum Gasteiger partial charge on any atom is 0.257 e. The molecule has 21 heavy (non-hydrogen) atoms. The van der Waals surface area contributed by atoms with Crippen LogP contribution in [0.15, 0.2) is 24.4 Å². The molecule has 2 aromatic rings. The van der Waals surface area contributed by atoms with Gasteiger partial charge in [0, 0.05) is 30.1 Å². The van der Waals surface area contributed by atoms with Gasteiger partial charge in [-0.1, -0.05) is 0 Å². The molecule has 0 saturated heterocycles. The van der Waals surface area contributed by atoms with Gasteiger partial charge in [0.15, 0.2) is 17.3 Å². The first kappa shape index (κ1) is 13.2. The zero-order valence-corrected chi connectivity index (χ0v) is 11.1. The van der Waals surface area contributed by atoms with Gasteiger partial charge in [-0.3, -0.25) is 9.59 Å². The van der Waals surface area contributed by atoms with Crippen molar-refractivity contribution >= 4 is 17.4 Å². The molecule has 3 rings (SSSR count). The SMILES string of the molecule is O=C(Nc1ccc(O)c(O)c1)c1c[nH]c2c1C(=O)CCC2. The fraction of sp³-hybridized carbons (Fsp3) is 0.200. The summed E-state index contributed by atoms with van der Waals surface area (Å²) in [7, 11) is 0. The number of rotatable bonds is 2. The topological polar surface area (TPSA) is 102 Å². The molecule has 1 aliphatic carbocycles. The van der Waals surface area contributed by atoms with E-state index < -0.39 is 5.91 Å². The molecule has 4 N–H and O–H groups in total. The van der Waals surface area contributed by atoms with Gasteiger partial charge in [-0.15, -0.1) is 0 Å². The Morgan fingerprint density at radius 2 is 2.00 bits per heavy atom. The van der Waals surface area contributed by atoms with Gasteiger partial charge in [0.25, 0.3) is 5.91 Å². The minimum atomic E-state index is -0.423. The maximum absolute atomic E-state index is 12.3. The zero-order chi connectivity index (χ0) is 15.0. The van der Waals surface area contributed by atoms with Gasteiger partial charge in [-0.25, -0.2) is 0 Å². The van der Waals surface area contributed by atoms with E-state index in [1.54, 1.807) is 0 Å². The van der Waals surface area contributed by atoms with E-state index in [-0.39, 0.29) is 17.3 Å². The Balaban J connectivity index is 1.87. The van der Waals surface area contributed by atoms with Crippen molar-refractivity contribution < 1.29 is 19.8 Å². The Hall–Kier alpha value is -2.76. The van der Waals surface area contributed by atoms with Crippen molar-refractivity contribution in [3.8, 4) is 11.5 Å². The van der Waals surface area contributed by atoms with Crippen LogP contribution in [0.2, 0.25) is 0 Å². The molecule has 1 aliphatic rings. The van der Waals surface area contributed by atoms with Crippen molar-refractivity contribution in [2.24, 2.45) is 0 Å². The van der Waals surface area contributed by atoms with Gasteiger partial charge in [0.1, 0.15) is 0 Å². The molecule has 0 spiro atoms. The number of amides is 1. The monoisotopic (exact) mass is 286 g/mol. The van der Waals surface area contributed by atoms with Crippen LogP contribution in [-0.4, -0.2) is 26.9 Å². The maximum atomic E-state index is 12.3. The number of aromatic amines is 1. The van der Waals surface area contributed by atoms with Crippen molar-refractivity contribution in [2.45, 2.75) is 19.3 Å². The number of Topliss-reactive ketones (excluding diaryl/α,β-unsaturated/α-hetero) is 1. The molecule has 0 radical (unpaired) electrons. The van der Waals surface area contributed by atoms with E-state index in [1.165, 1.54) is 24.4 Å². The Kier molecular flexibility index (Phi) is 3.13. The number of H-pyrrole nitrogens is 1. The lowest BCUT2D eigenvalue weighted by Gasteiger charge is -2.12. The Morgan fingerprint density at radius 1 is 1.19 bits per heavy atom. The average molecular weight is 286 g/mol. The molecule has 6 nitrogen and oxygen atoms in total. The van der Waals surface area contributed by atoms with E-state index in [4.69, 9.17) is 0 Å². The van der Waals surface area contributed by atoms with Crippen molar-refractivity contribution in [1.82, 2.24) is 4.98 Å². The van der Waals surface area contributed by atoms with E-state index >= 15 is 0 Å². The molecular weight excluding hydrogens is 272 g/mol. The van der Waals surface area contributed by atoms with Crippen LogP contribution in [0.3, 0.4) is 0 Å². The van der Waals surface area contributed by atoms with E-state index in [1.807, 2.05) is 0 Å². The van der Waals surface area contributed by atoms with Crippen LogP contribution < -0.4 is 5.32 Å². The Morgan fingerprint density at radius 3 is 2.76 bits per heavy atom. The second-order valence-corrected chi connectivity index (χ2v) is 4.99. The molecule has 0 atom stereocenters. The number of carbonyl (C=O) groups excluding carboxylic acids is 2. The number of hydrogen-bond donors (Lipinski definition) is 4. The van der Waals surface area contributed by atoms with Crippen molar-refractivity contribution in [3.63, 3.8) is 0 Å². The number of carbonyl (C=O) groups is 2. The van der Waals surface area contributed by atoms with Gasteiger partial charge in [-0.2, -0.15) is 0 Å². The normalized spacial score (nSPS) is 13.8. The van der Waals surface area contributed by atoms with E-state index in [2.05, 4.69) is 10.3 Å². The fourth-order valence-corrected chi connectivity index (χ4v) is 2.51. The predicted octanol–water partition coefficient (Wildman–Crippen LogP) is 2.20. The van der Waals surface area contributed by atoms with Crippen LogP contribution in [0.4, 0.5) is 5.69 Å². The second-order valence-electron chi connectivity index (χ2n) is 4.99. The van der Waals surface area contributed by atoms with Crippen LogP contribution in [-0.2, 0) is 6.42 Å². The number of phenols is 2. The highest BCUT2D eigenvalue weighted by atomic mass is 16.3. The van der Waals surface area contributed by atoms with Crippen LogP contribution >= 0.6 is 0 Å². The number of aryl methyl sites for hydroxylation is 1. The summed E-state index contributed by atoms with van der Waals surface area (Å²) in [5.41, 5.74) is 1.91. The molecule has 0 bridgehead atoms. The third-order valence-electron chi connectivity index (χ3n) is 3.55. The summed E-state index contributed by atoms with van der Waals surface area (Å²) in [5, 5.41) is 21.3. The second kappa shape index (κ2) is 4.97. The molecule has 1 aromatic heterocycles. The predicted molar refractivity (Wildman–Crippen MR) is 75.8 cm³/mol. The van der Waals surface area contributed by atoms with Crippen LogP contribution in [0.5, 0.6) is 11.5 Å². The van der Waals surface area contributed by atoms with Crippen LogP contribution in [0.25, 0.3) is 0 Å². The number of hydrogen-bond acceptors (Lipinski definition) is 4. The van der Waals surface area contributed by atoms with E-state index in [0.29, 0.717) is 23.2 Å². The van der Waals surface area contributed by atoms with Crippen molar-refractivity contribution in [3.05, 3.63) is 41.2 Å². The van der Waals surface area contributed by atoms with Gasteiger partial charge in [0.2, 0.25) is 0 Å². The molecule has 108 valence electrons. The van der Waals surface area contributed by atoms with Crippen LogP contribution in [0.1, 0.15) is 39.3 Å². The number of ketones is 1. The fourth-order valence-electron chi connectivity index (χ4n) is 2.51. The molecule has 0 aliphatic heterocycles. The van der Waals surface area contributed by atoms with E-state index in [9.17, 15) is 19.8 Å². The summed E-state index contributed by atoms with van der Waals surface area (Å²) in [6, 6.07) is 3.99. The summed E-state index contributed by atoms with van der Waals surface area (Å²) in [5.74, 6) is -1.04. The highest BCUT2D eigenvalue weighted by molar-refractivity contribution is 6.13. The summed E-state index contributed by atoms with van der Waals surface area (Å²) >= 11 is 0. The average Bonchev–Trinajstić information content (AvgIpc) is 2.88. The molecule has 1 amide bonds. The van der Waals surface area contributed by atoms with Crippen LogP contribution in [0, 0.1) is 0 Å². The summed E-state index contributed by atoms with van der Waals surface area (Å²) < 4.78 is 0. The first-order chi connectivity index (χ1) is 10.1. The lowest BCUT2D eigenvalue weighted by atomic mass is 9.93. The summed E-state index contributed by atoms with van der Waals surface area (Å²) in [6.07, 6.45) is 3.53. The molecule has 0 unspecified atom stereocenters. The van der Waals surface area contributed by atoms with Crippen molar-refractivity contribution in [2.75, 3.05) is 5.32 Å². The highest BCUT2D eigenvalue weighted by Gasteiger charge is 2.25. The first-order valence-corrected chi connectivity index (χ1v) is 6.63. The summed E-state index contributed by atoms with van der Waals surface area (Å²) in [6.45, 7) is 0. The highest BCUT2D eigenvalue weighted by Crippen LogP contribution is 2.28. The number of anilines is 1. The van der Waals surface area contributed by atoms with Gasteiger partial charge in [0.05, 0.1) is 11.1 Å². The number of phenolic OH excluding ortho intramolecular Hbond substituents is 2. The first-order valence-electron chi connectivity index (χ1n) is 6.63. The smallest absolute Gasteiger partial charge is 0.257 e. The lowest BCUT2D eigenvalue weighted by Crippen LogP contribution is -2.17. The van der Waals surface area contributed by atoms with E-state index in [0.717, 1.165) is 18.5 Å². The molecule has 0 saturated carbocycles. The minimum absolute atomic E-state index is 0.0313. The Bertz CT molecular complexity index is 733. The number of aromatic nitrogens is 1. The minimum Gasteiger partial charge on any atom is -0.504 e. The number of fused-ring (bicyclic) bond motifs is 1. The summed E-state index contributed by atoms with van der Waals surface area (Å²) in [4.78, 5) is 27.2. The molecule has 1 aromatic carbocycles. The molecule has 0 fully saturated rings. The third-order valence-corrected chi connectivity index (χ3v) is 3.55. The van der Waals surface area contributed by atoms with Gasteiger partial charge in [-0.05, 0) is 25.0 Å². The number of nitrogens with one attached hydrogen (secondary N) is 2. The third kappa shape index (κ3) is 2.35. The standard InChI is InChI=1S/C15H14N2O4/c18-11-5-4-8(6-13(11)20)17-15(21)9-7-16-10-2-1-3-12(19)14(9)10/h4-7,16,18,20H,1-3H2,(H,17,21). The quantitative estimate of drug-likeness (QED) is 0.502. The van der Waals surface area contributed by atoms with Gasteiger partial charge >= 0.3 is 0 Å². The zero-order valence-electron chi connectivity index (χ0n) is 11.1. The molecular formula is C15H14N2O4. The molecule has 6 heteroatoms. The van der Waals surface area contributed by atoms with Gasteiger partial charge < -0.3 is 20.5 Å². The number of aromatic hydroxyl groups is 2. The largest absolute Gasteiger partial charge is 0.504 e. The Labute approximate surface area is 120 Å². The molecule has 1 heterocycles. The van der Waals surface area contributed by atoms with Crippen molar-refractivity contribution in [1.29, 1.82) is 0 Å².